The standard InChI is InChI=1S/C24H48N2O3/c1-4-6-7-8-9-10-11-12-13-14-15-16-17-18-19-20-21-25(22-24(28)29)26(5-2)23(3)27/h4-22H2,1-3H3,(H,28,29). The number of hydrogen-bond acceptors (Lipinski definition) is 3. The molecule has 0 saturated heterocycles. The molecule has 0 spiro atoms. The van der Waals surface area contributed by atoms with Crippen molar-refractivity contribution in [2.75, 3.05) is 19.6 Å². The van der Waals surface area contributed by atoms with Crippen LogP contribution in [0.4, 0.5) is 0 Å². The van der Waals surface area contributed by atoms with Gasteiger partial charge in [0.2, 0.25) is 5.91 Å². The zero-order valence-corrected chi connectivity index (χ0v) is 19.6. The van der Waals surface area contributed by atoms with Crippen molar-refractivity contribution in [3.63, 3.8) is 0 Å². The Balaban J connectivity index is 3.54. The summed E-state index contributed by atoms with van der Waals surface area (Å²) in [5, 5.41) is 12.3. The van der Waals surface area contributed by atoms with Gasteiger partial charge in [0.25, 0.3) is 0 Å². The Hall–Kier alpha value is -1.10. The van der Waals surface area contributed by atoms with Crippen LogP contribution >= 0.6 is 0 Å². The molecule has 0 aromatic heterocycles. The predicted octanol–water partition coefficient (Wildman–Crippen LogP) is 6.42. The van der Waals surface area contributed by atoms with Crippen LogP contribution in [0.5, 0.6) is 0 Å². The van der Waals surface area contributed by atoms with Gasteiger partial charge in [-0.25, -0.2) is 5.01 Å². The fraction of sp³-hybridized carbons (Fsp3) is 0.917. The van der Waals surface area contributed by atoms with Gasteiger partial charge in [0, 0.05) is 20.0 Å². The van der Waals surface area contributed by atoms with Crippen molar-refractivity contribution in [2.24, 2.45) is 0 Å². The van der Waals surface area contributed by atoms with E-state index in [-0.39, 0.29) is 12.5 Å². The van der Waals surface area contributed by atoms with Crippen LogP contribution in [0.15, 0.2) is 0 Å². The summed E-state index contributed by atoms with van der Waals surface area (Å²) in [6, 6.07) is 0. The highest BCUT2D eigenvalue weighted by Crippen LogP contribution is 2.14. The lowest BCUT2D eigenvalue weighted by molar-refractivity contribution is -0.154. The number of hydrogen-bond donors (Lipinski definition) is 1. The molecule has 5 nitrogen and oxygen atoms in total. The Bertz CT molecular complexity index is 402. The smallest absolute Gasteiger partial charge is 0.319 e. The molecule has 0 fully saturated rings. The van der Waals surface area contributed by atoms with Crippen LogP contribution in [0.25, 0.3) is 0 Å². The van der Waals surface area contributed by atoms with Gasteiger partial charge in [0.05, 0.1) is 0 Å². The van der Waals surface area contributed by atoms with Crippen LogP contribution < -0.4 is 0 Å². The summed E-state index contributed by atoms with van der Waals surface area (Å²) < 4.78 is 0. The topological polar surface area (TPSA) is 60.9 Å². The van der Waals surface area contributed by atoms with Gasteiger partial charge in [0.15, 0.2) is 0 Å². The van der Waals surface area contributed by atoms with Crippen molar-refractivity contribution in [1.29, 1.82) is 0 Å². The summed E-state index contributed by atoms with van der Waals surface area (Å²) in [7, 11) is 0. The van der Waals surface area contributed by atoms with E-state index in [0.29, 0.717) is 13.1 Å². The van der Waals surface area contributed by atoms with Gasteiger partial charge in [-0.05, 0) is 13.3 Å². The van der Waals surface area contributed by atoms with E-state index in [1.807, 2.05) is 6.92 Å². The molecule has 5 heteroatoms. The van der Waals surface area contributed by atoms with Crippen LogP contribution in [-0.4, -0.2) is 46.6 Å². The highest BCUT2D eigenvalue weighted by molar-refractivity contribution is 5.74. The van der Waals surface area contributed by atoms with Crippen molar-refractivity contribution >= 4 is 11.9 Å². The predicted molar refractivity (Wildman–Crippen MR) is 122 cm³/mol. The van der Waals surface area contributed by atoms with E-state index in [0.717, 1.165) is 12.8 Å². The Labute approximate surface area is 180 Å². The maximum absolute atomic E-state index is 11.7. The number of carbonyl (C=O) groups is 2. The molecule has 0 aliphatic heterocycles. The molecule has 0 radical (unpaired) electrons. The number of rotatable bonds is 21. The third-order valence-electron chi connectivity index (χ3n) is 5.59. The first-order chi connectivity index (χ1) is 14.0. The molecule has 0 aromatic carbocycles. The van der Waals surface area contributed by atoms with Crippen molar-refractivity contribution in [1.82, 2.24) is 10.0 Å². The van der Waals surface area contributed by atoms with Crippen LogP contribution in [-0.2, 0) is 9.59 Å². The second-order valence-corrected chi connectivity index (χ2v) is 8.32. The normalized spacial score (nSPS) is 11.2. The minimum Gasteiger partial charge on any atom is -0.480 e. The first-order valence-electron chi connectivity index (χ1n) is 12.3. The summed E-state index contributed by atoms with van der Waals surface area (Å²) in [5.41, 5.74) is 0. The Morgan fingerprint density at radius 1 is 0.655 bits per heavy atom. The molecule has 0 saturated carbocycles. The number of carbonyl (C=O) groups excluding carboxylic acids is 1. The Morgan fingerprint density at radius 2 is 1.03 bits per heavy atom. The van der Waals surface area contributed by atoms with E-state index >= 15 is 0 Å². The van der Waals surface area contributed by atoms with Gasteiger partial charge in [-0.3, -0.25) is 14.6 Å². The first kappa shape index (κ1) is 27.9. The van der Waals surface area contributed by atoms with E-state index in [1.165, 1.54) is 96.8 Å². The monoisotopic (exact) mass is 412 g/mol. The van der Waals surface area contributed by atoms with E-state index in [9.17, 15) is 9.59 Å². The minimum absolute atomic E-state index is 0.0924. The molecule has 172 valence electrons. The molecule has 29 heavy (non-hydrogen) atoms. The molecule has 0 atom stereocenters. The van der Waals surface area contributed by atoms with Gasteiger partial charge in [-0.15, -0.1) is 0 Å². The van der Waals surface area contributed by atoms with Crippen molar-refractivity contribution in [2.45, 2.75) is 124 Å². The third-order valence-corrected chi connectivity index (χ3v) is 5.59. The highest BCUT2D eigenvalue weighted by atomic mass is 16.4. The Kier molecular flexibility index (Phi) is 19.4. The summed E-state index contributed by atoms with van der Waals surface area (Å²) in [4.78, 5) is 22.7. The summed E-state index contributed by atoms with van der Waals surface area (Å²) in [5.74, 6) is -0.980. The molecule has 0 rings (SSSR count). The molecule has 0 unspecified atom stereocenters. The third kappa shape index (κ3) is 17.5. The average Bonchev–Trinajstić information content (AvgIpc) is 2.67. The van der Waals surface area contributed by atoms with Crippen LogP contribution in [0.2, 0.25) is 0 Å². The minimum atomic E-state index is -0.888. The highest BCUT2D eigenvalue weighted by Gasteiger charge is 2.18. The summed E-state index contributed by atoms with van der Waals surface area (Å²) in [6.07, 6.45) is 21.1. The van der Waals surface area contributed by atoms with Gasteiger partial charge in [-0.1, -0.05) is 103 Å². The fourth-order valence-corrected chi connectivity index (χ4v) is 3.91. The van der Waals surface area contributed by atoms with E-state index < -0.39 is 5.97 Å². The lowest BCUT2D eigenvalue weighted by atomic mass is 10.0. The SMILES string of the molecule is CCCCCCCCCCCCCCCCCCN(CC(=O)O)N(CC)C(C)=O. The number of hydrazine groups is 1. The summed E-state index contributed by atoms with van der Waals surface area (Å²) >= 11 is 0. The number of carboxylic acid groups (broad SMARTS) is 1. The molecule has 0 aliphatic carbocycles. The largest absolute Gasteiger partial charge is 0.480 e. The molecule has 0 bridgehead atoms. The van der Waals surface area contributed by atoms with Crippen LogP contribution in [0, 0.1) is 0 Å². The zero-order valence-electron chi connectivity index (χ0n) is 19.6. The van der Waals surface area contributed by atoms with E-state index in [2.05, 4.69) is 6.92 Å². The average molecular weight is 413 g/mol. The number of aliphatic carboxylic acids is 1. The van der Waals surface area contributed by atoms with Gasteiger partial charge >= 0.3 is 5.97 Å². The van der Waals surface area contributed by atoms with E-state index in [4.69, 9.17) is 5.11 Å². The first-order valence-corrected chi connectivity index (χ1v) is 12.3. The molecule has 0 aromatic rings. The van der Waals surface area contributed by atoms with Crippen molar-refractivity contribution < 1.29 is 14.7 Å². The van der Waals surface area contributed by atoms with Gasteiger partial charge in [0.1, 0.15) is 6.54 Å². The summed E-state index contributed by atoms with van der Waals surface area (Å²) in [6.45, 7) is 6.69. The number of nitrogens with zero attached hydrogens (tertiary/aromatic N) is 2. The number of amides is 1. The quantitative estimate of drug-likeness (QED) is 0.175. The molecular formula is C24H48N2O3. The molecule has 0 heterocycles. The molecule has 1 N–H and O–H groups in total. The van der Waals surface area contributed by atoms with Crippen molar-refractivity contribution in [3.05, 3.63) is 0 Å². The van der Waals surface area contributed by atoms with Gasteiger partial charge in [-0.2, -0.15) is 0 Å². The molecular weight excluding hydrogens is 364 g/mol. The molecule has 0 aliphatic rings. The lowest BCUT2D eigenvalue weighted by Gasteiger charge is -2.32. The number of carboxylic acids is 1. The van der Waals surface area contributed by atoms with Gasteiger partial charge < -0.3 is 5.11 Å². The zero-order chi connectivity index (χ0) is 21.7. The fourth-order valence-electron chi connectivity index (χ4n) is 3.91. The van der Waals surface area contributed by atoms with Crippen LogP contribution in [0.3, 0.4) is 0 Å². The van der Waals surface area contributed by atoms with Crippen molar-refractivity contribution in [3.8, 4) is 0 Å². The second-order valence-electron chi connectivity index (χ2n) is 8.32. The maximum Gasteiger partial charge on any atom is 0.319 e. The Morgan fingerprint density at radius 3 is 1.34 bits per heavy atom. The second kappa shape index (κ2) is 20.2. The van der Waals surface area contributed by atoms with Crippen LogP contribution in [0.1, 0.15) is 124 Å². The number of unbranched alkanes of at least 4 members (excludes halogenated alkanes) is 15. The molecule has 1 amide bonds. The maximum atomic E-state index is 11.7. The lowest BCUT2D eigenvalue weighted by Crippen LogP contribution is -2.48. The van der Waals surface area contributed by atoms with E-state index in [1.54, 1.807) is 10.0 Å².